The van der Waals surface area contributed by atoms with Crippen molar-refractivity contribution in [3.8, 4) is 11.3 Å². The number of esters is 1. The number of nitro groups is 1. The molecular weight excluding hydrogens is 332 g/mol. The van der Waals surface area contributed by atoms with Gasteiger partial charge in [-0.2, -0.15) is 10.3 Å². The largest absolute Gasteiger partial charge is 0.461 e. The van der Waals surface area contributed by atoms with E-state index >= 15 is 0 Å². The Kier molecular flexibility index (Phi) is 4.08. The van der Waals surface area contributed by atoms with Gasteiger partial charge in [0.05, 0.1) is 17.1 Å². The van der Waals surface area contributed by atoms with Gasteiger partial charge in [0.25, 0.3) is 5.69 Å². The Morgan fingerprint density at radius 3 is 2.90 bits per heavy atom. The molecule has 0 aliphatic heterocycles. The van der Waals surface area contributed by atoms with E-state index < -0.39 is 10.9 Å². The molecule has 0 amide bonds. The zero-order valence-electron chi connectivity index (χ0n) is 10.3. The number of rotatable bonds is 4. The standard InChI is InChI=1S/C11H9BrN4O4/c1-2-20-11(17)10-9(13-15-14-10)7-4-3-6(12)5-8(7)16(18)19/h3-5H,2H2,1H3,(H,13,14,15). The number of carbonyl (C=O) groups excluding carboxylic acids is 1. The summed E-state index contributed by atoms with van der Waals surface area (Å²) in [6.07, 6.45) is 0. The second-order valence-electron chi connectivity index (χ2n) is 3.66. The molecule has 0 radical (unpaired) electrons. The molecule has 104 valence electrons. The number of ether oxygens (including phenoxy) is 1. The van der Waals surface area contributed by atoms with Crippen LogP contribution >= 0.6 is 15.9 Å². The Bertz CT molecular complexity index is 670. The SMILES string of the molecule is CCOC(=O)c1n[nH]nc1-c1ccc(Br)cc1[N+](=O)[O-]. The molecule has 1 aromatic heterocycles. The first-order valence-corrected chi connectivity index (χ1v) is 6.36. The van der Waals surface area contributed by atoms with Crippen LogP contribution in [0, 0.1) is 10.1 Å². The Hall–Kier alpha value is -2.29. The van der Waals surface area contributed by atoms with Crippen molar-refractivity contribution in [2.24, 2.45) is 0 Å². The van der Waals surface area contributed by atoms with Crippen LogP contribution < -0.4 is 0 Å². The average Bonchev–Trinajstić information content (AvgIpc) is 2.88. The van der Waals surface area contributed by atoms with Gasteiger partial charge in [-0.1, -0.05) is 15.9 Å². The van der Waals surface area contributed by atoms with Crippen LogP contribution in [0.15, 0.2) is 22.7 Å². The predicted molar refractivity (Wildman–Crippen MR) is 72.1 cm³/mol. The summed E-state index contributed by atoms with van der Waals surface area (Å²) < 4.78 is 5.38. The molecule has 0 aliphatic carbocycles. The lowest BCUT2D eigenvalue weighted by atomic mass is 10.1. The molecule has 2 rings (SSSR count). The van der Waals surface area contributed by atoms with Crippen LogP contribution in [0.25, 0.3) is 11.3 Å². The molecule has 0 unspecified atom stereocenters. The molecule has 0 aliphatic rings. The number of nitro benzene ring substituents is 1. The summed E-state index contributed by atoms with van der Waals surface area (Å²) in [4.78, 5) is 22.3. The maximum Gasteiger partial charge on any atom is 0.361 e. The molecule has 1 heterocycles. The van der Waals surface area contributed by atoms with Crippen molar-refractivity contribution in [3.05, 3.63) is 38.5 Å². The van der Waals surface area contributed by atoms with Crippen LogP contribution in [-0.2, 0) is 4.74 Å². The third-order valence-corrected chi connectivity index (χ3v) is 2.92. The highest BCUT2D eigenvalue weighted by Crippen LogP contribution is 2.32. The molecule has 0 saturated carbocycles. The van der Waals surface area contributed by atoms with Crippen molar-refractivity contribution in [2.75, 3.05) is 6.61 Å². The van der Waals surface area contributed by atoms with Crippen molar-refractivity contribution < 1.29 is 14.5 Å². The number of H-pyrrole nitrogens is 1. The molecule has 0 saturated heterocycles. The second-order valence-corrected chi connectivity index (χ2v) is 4.58. The van der Waals surface area contributed by atoms with E-state index in [1.165, 1.54) is 12.1 Å². The topological polar surface area (TPSA) is 111 Å². The molecule has 9 heteroatoms. The van der Waals surface area contributed by atoms with E-state index in [0.717, 1.165) is 0 Å². The van der Waals surface area contributed by atoms with E-state index in [1.54, 1.807) is 13.0 Å². The molecule has 0 fully saturated rings. The molecular formula is C11H9BrN4O4. The number of halogens is 1. The maximum absolute atomic E-state index is 11.7. The Morgan fingerprint density at radius 2 is 2.25 bits per heavy atom. The van der Waals surface area contributed by atoms with Gasteiger partial charge in [-0.3, -0.25) is 10.1 Å². The summed E-state index contributed by atoms with van der Waals surface area (Å²) in [7, 11) is 0. The van der Waals surface area contributed by atoms with Gasteiger partial charge in [0.15, 0.2) is 5.69 Å². The lowest BCUT2D eigenvalue weighted by molar-refractivity contribution is -0.384. The molecule has 1 N–H and O–H groups in total. The number of nitrogens with zero attached hydrogens (tertiary/aromatic N) is 3. The molecule has 0 spiro atoms. The van der Waals surface area contributed by atoms with Gasteiger partial charge in [-0.05, 0) is 19.1 Å². The number of nitrogens with one attached hydrogen (secondary N) is 1. The first kappa shape index (κ1) is 14.1. The van der Waals surface area contributed by atoms with Crippen molar-refractivity contribution in [1.29, 1.82) is 0 Å². The van der Waals surface area contributed by atoms with Gasteiger partial charge in [0, 0.05) is 10.5 Å². The minimum atomic E-state index is -0.687. The summed E-state index contributed by atoms with van der Waals surface area (Å²) >= 11 is 3.16. The fourth-order valence-electron chi connectivity index (χ4n) is 1.62. The third kappa shape index (κ3) is 2.67. The fourth-order valence-corrected chi connectivity index (χ4v) is 1.97. The number of hydrogen-bond donors (Lipinski definition) is 1. The molecule has 8 nitrogen and oxygen atoms in total. The van der Waals surface area contributed by atoms with E-state index in [0.29, 0.717) is 4.47 Å². The van der Waals surface area contributed by atoms with Crippen molar-refractivity contribution in [3.63, 3.8) is 0 Å². The van der Waals surface area contributed by atoms with Crippen molar-refractivity contribution in [1.82, 2.24) is 15.4 Å². The summed E-state index contributed by atoms with van der Waals surface area (Å²) in [6.45, 7) is 1.83. The van der Waals surface area contributed by atoms with Gasteiger partial charge >= 0.3 is 5.97 Å². The zero-order chi connectivity index (χ0) is 14.7. The summed E-state index contributed by atoms with van der Waals surface area (Å²) in [5, 5.41) is 20.9. The van der Waals surface area contributed by atoms with E-state index in [9.17, 15) is 14.9 Å². The van der Waals surface area contributed by atoms with Crippen molar-refractivity contribution >= 4 is 27.6 Å². The number of aromatic amines is 1. The third-order valence-electron chi connectivity index (χ3n) is 2.43. The van der Waals surface area contributed by atoms with Crippen LogP contribution in [0.2, 0.25) is 0 Å². The van der Waals surface area contributed by atoms with E-state index in [2.05, 4.69) is 31.3 Å². The van der Waals surface area contributed by atoms with E-state index in [1.807, 2.05) is 0 Å². The maximum atomic E-state index is 11.7. The Labute approximate surface area is 121 Å². The van der Waals surface area contributed by atoms with Gasteiger partial charge in [-0.25, -0.2) is 4.79 Å². The Morgan fingerprint density at radius 1 is 1.50 bits per heavy atom. The van der Waals surface area contributed by atoms with Gasteiger partial charge in [-0.15, -0.1) is 5.10 Å². The second kappa shape index (κ2) is 5.78. The average molecular weight is 341 g/mol. The summed E-state index contributed by atoms with van der Waals surface area (Å²) in [6, 6.07) is 4.44. The van der Waals surface area contributed by atoms with Gasteiger partial charge in [0.1, 0.15) is 5.69 Å². The quantitative estimate of drug-likeness (QED) is 0.519. The number of benzene rings is 1. The van der Waals surface area contributed by atoms with Crippen LogP contribution in [0.4, 0.5) is 5.69 Å². The number of carbonyl (C=O) groups is 1. The molecule has 0 atom stereocenters. The fraction of sp³-hybridized carbons (Fsp3) is 0.182. The predicted octanol–water partition coefficient (Wildman–Crippen LogP) is 2.32. The Balaban J connectivity index is 2.55. The highest BCUT2D eigenvalue weighted by Gasteiger charge is 2.25. The van der Waals surface area contributed by atoms with E-state index in [-0.39, 0.29) is 29.2 Å². The molecule has 1 aromatic carbocycles. The monoisotopic (exact) mass is 340 g/mol. The minimum Gasteiger partial charge on any atom is -0.461 e. The lowest BCUT2D eigenvalue weighted by Gasteiger charge is -2.03. The van der Waals surface area contributed by atoms with E-state index in [4.69, 9.17) is 4.74 Å². The first-order chi connectivity index (χ1) is 9.54. The van der Waals surface area contributed by atoms with Crippen LogP contribution in [-0.4, -0.2) is 32.9 Å². The highest BCUT2D eigenvalue weighted by molar-refractivity contribution is 9.10. The minimum absolute atomic E-state index is 0.0858. The van der Waals surface area contributed by atoms with Gasteiger partial charge in [0.2, 0.25) is 0 Å². The normalized spacial score (nSPS) is 10.3. The summed E-state index contributed by atoms with van der Waals surface area (Å²) in [5.41, 5.74) is 0.00810. The van der Waals surface area contributed by atoms with Crippen LogP contribution in [0.5, 0.6) is 0 Å². The molecule has 20 heavy (non-hydrogen) atoms. The first-order valence-electron chi connectivity index (χ1n) is 5.56. The lowest BCUT2D eigenvalue weighted by Crippen LogP contribution is -2.07. The summed E-state index contributed by atoms with van der Waals surface area (Å²) in [5.74, 6) is -0.687. The zero-order valence-corrected chi connectivity index (χ0v) is 11.9. The van der Waals surface area contributed by atoms with Crippen LogP contribution in [0.1, 0.15) is 17.4 Å². The highest BCUT2D eigenvalue weighted by atomic mass is 79.9. The van der Waals surface area contributed by atoms with Crippen LogP contribution in [0.3, 0.4) is 0 Å². The molecule has 0 bridgehead atoms. The van der Waals surface area contributed by atoms with Gasteiger partial charge < -0.3 is 4.74 Å². The molecule has 2 aromatic rings. The number of hydrogen-bond acceptors (Lipinski definition) is 6. The van der Waals surface area contributed by atoms with Crippen molar-refractivity contribution in [2.45, 2.75) is 6.92 Å². The smallest absolute Gasteiger partial charge is 0.361 e. The number of aromatic nitrogens is 3.